The van der Waals surface area contributed by atoms with Crippen molar-refractivity contribution in [2.45, 2.75) is 32.5 Å². The number of hydrogen-bond donors (Lipinski definition) is 0. The summed E-state index contributed by atoms with van der Waals surface area (Å²) in [6.07, 6.45) is 1.74. The first-order valence-electron chi connectivity index (χ1n) is 3.03. The smallest absolute Gasteiger partial charge is 0.0758 e. The molecule has 1 aliphatic heterocycles. The minimum absolute atomic E-state index is 0.296. The second-order valence-electron chi connectivity index (χ2n) is 2.45. The highest BCUT2D eigenvalue weighted by Gasteiger charge is 2.20. The largest absolute Gasteiger partial charge is 0.371 e. The molecule has 2 atom stereocenters. The monoisotopic (exact) mass is 112 g/mol. The Morgan fingerprint density at radius 3 is 2.38 bits per heavy atom. The highest BCUT2D eigenvalue weighted by molar-refractivity contribution is 5.06. The van der Waals surface area contributed by atoms with E-state index in [4.69, 9.17) is 4.74 Å². The molecular weight excluding hydrogens is 100 g/mol. The molecule has 0 N–H and O–H groups in total. The Labute approximate surface area is 50.3 Å². The summed E-state index contributed by atoms with van der Waals surface area (Å²) >= 11 is 0. The van der Waals surface area contributed by atoms with Crippen LogP contribution in [0.3, 0.4) is 0 Å². The highest BCUT2D eigenvalue weighted by Crippen LogP contribution is 2.22. The first kappa shape index (κ1) is 5.83. The molecule has 1 nitrogen and oxygen atoms in total. The van der Waals surface area contributed by atoms with Crippen molar-refractivity contribution < 1.29 is 4.74 Å². The first-order chi connectivity index (χ1) is 3.70. The zero-order valence-corrected chi connectivity index (χ0v) is 5.48. The van der Waals surface area contributed by atoms with Gasteiger partial charge in [0.15, 0.2) is 0 Å². The van der Waals surface area contributed by atoms with Gasteiger partial charge in [0.25, 0.3) is 0 Å². The van der Waals surface area contributed by atoms with Gasteiger partial charge in [-0.3, -0.25) is 0 Å². The molecule has 0 amide bonds. The van der Waals surface area contributed by atoms with Crippen molar-refractivity contribution in [2.24, 2.45) is 0 Å². The summed E-state index contributed by atoms with van der Waals surface area (Å²) in [4.78, 5) is 0. The summed E-state index contributed by atoms with van der Waals surface area (Å²) in [6, 6.07) is 0. The third kappa shape index (κ3) is 0.920. The Bertz CT molecular complexity index is 107. The van der Waals surface area contributed by atoms with Gasteiger partial charge in [0, 0.05) is 0 Å². The van der Waals surface area contributed by atoms with Crippen LogP contribution in [0.25, 0.3) is 0 Å². The van der Waals surface area contributed by atoms with E-state index in [0.29, 0.717) is 12.2 Å². The topological polar surface area (TPSA) is 9.23 Å². The van der Waals surface area contributed by atoms with E-state index in [1.807, 2.05) is 6.92 Å². The Kier molecular flexibility index (Phi) is 1.39. The van der Waals surface area contributed by atoms with E-state index >= 15 is 0 Å². The Morgan fingerprint density at radius 1 is 1.62 bits per heavy atom. The van der Waals surface area contributed by atoms with Gasteiger partial charge in [-0.2, -0.15) is 0 Å². The normalized spacial score (nSPS) is 38.5. The number of rotatable bonds is 0. The molecule has 2 unspecified atom stereocenters. The molecule has 0 aromatic rings. The lowest BCUT2D eigenvalue weighted by Gasteiger charge is -2.01. The van der Waals surface area contributed by atoms with Crippen molar-refractivity contribution in [1.82, 2.24) is 0 Å². The third-order valence-corrected chi connectivity index (χ3v) is 1.56. The molecule has 0 radical (unpaired) electrons. The Morgan fingerprint density at radius 2 is 2.25 bits per heavy atom. The van der Waals surface area contributed by atoms with E-state index in [9.17, 15) is 0 Å². The van der Waals surface area contributed by atoms with E-state index in [-0.39, 0.29) is 0 Å². The van der Waals surface area contributed by atoms with Gasteiger partial charge in [-0.15, -0.1) is 0 Å². The molecule has 0 aliphatic carbocycles. The number of ether oxygens (including phenoxy) is 1. The van der Waals surface area contributed by atoms with Crippen LogP contribution in [-0.2, 0) is 4.74 Å². The number of hydrogen-bond acceptors (Lipinski definition) is 1. The molecule has 0 aromatic carbocycles. The molecule has 46 valence electrons. The lowest BCUT2D eigenvalue weighted by molar-refractivity contribution is 0.0746. The lowest BCUT2D eigenvalue weighted by Crippen LogP contribution is -2.02. The SMILES string of the molecule is C=C1CC(C)OC1C. The third-order valence-electron chi connectivity index (χ3n) is 1.56. The van der Waals surface area contributed by atoms with Crippen LogP contribution in [0.15, 0.2) is 12.2 Å². The summed E-state index contributed by atoms with van der Waals surface area (Å²) in [7, 11) is 0. The first-order valence-corrected chi connectivity index (χ1v) is 3.03. The van der Waals surface area contributed by atoms with Gasteiger partial charge in [0.2, 0.25) is 0 Å². The lowest BCUT2D eigenvalue weighted by atomic mass is 10.1. The van der Waals surface area contributed by atoms with Gasteiger partial charge in [-0.05, 0) is 25.8 Å². The summed E-state index contributed by atoms with van der Waals surface area (Å²) in [5.74, 6) is 0. The molecule has 0 saturated carbocycles. The molecule has 8 heavy (non-hydrogen) atoms. The summed E-state index contributed by atoms with van der Waals surface area (Å²) < 4.78 is 5.37. The quantitative estimate of drug-likeness (QED) is 0.434. The van der Waals surface area contributed by atoms with Gasteiger partial charge in [-0.1, -0.05) is 6.58 Å². The van der Waals surface area contributed by atoms with Crippen LogP contribution in [0.2, 0.25) is 0 Å². The average Bonchev–Trinajstić information content (AvgIpc) is 1.85. The van der Waals surface area contributed by atoms with Gasteiger partial charge < -0.3 is 4.74 Å². The van der Waals surface area contributed by atoms with Gasteiger partial charge in [0.05, 0.1) is 12.2 Å². The van der Waals surface area contributed by atoms with Crippen LogP contribution in [0.4, 0.5) is 0 Å². The van der Waals surface area contributed by atoms with Crippen molar-refractivity contribution in [3.8, 4) is 0 Å². The van der Waals surface area contributed by atoms with Crippen LogP contribution in [0, 0.1) is 0 Å². The second kappa shape index (κ2) is 1.90. The van der Waals surface area contributed by atoms with E-state index in [1.165, 1.54) is 5.57 Å². The molecule has 1 saturated heterocycles. The van der Waals surface area contributed by atoms with Gasteiger partial charge >= 0.3 is 0 Å². The Balaban J connectivity index is 2.51. The zero-order chi connectivity index (χ0) is 6.15. The predicted octanol–water partition coefficient (Wildman–Crippen LogP) is 1.74. The molecule has 1 rings (SSSR count). The second-order valence-corrected chi connectivity index (χ2v) is 2.45. The fourth-order valence-corrected chi connectivity index (χ4v) is 1.03. The summed E-state index contributed by atoms with van der Waals surface area (Å²) in [6.45, 7) is 7.99. The van der Waals surface area contributed by atoms with E-state index < -0.39 is 0 Å². The highest BCUT2D eigenvalue weighted by atomic mass is 16.5. The van der Waals surface area contributed by atoms with Crippen LogP contribution in [0.1, 0.15) is 20.3 Å². The van der Waals surface area contributed by atoms with Crippen molar-refractivity contribution in [3.05, 3.63) is 12.2 Å². The summed E-state index contributed by atoms with van der Waals surface area (Å²) in [5.41, 5.74) is 1.23. The summed E-state index contributed by atoms with van der Waals surface area (Å²) in [5, 5.41) is 0. The van der Waals surface area contributed by atoms with Crippen molar-refractivity contribution in [3.63, 3.8) is 0 Å². The molecule has 0 bridgehead atoms. The van der Waals surface area contributed by atoms with Crippen LogP contribution in [0.5, 0.6) is 0 Å². The molecule has 0 aromatic heterocycles. The minimum atomic E-state index is 0.296. The average molecular weight is 112 g/mol. The van der Waals surface area contributed by atoms with Crippen LogP contribution in [-0.4, -0.2) is 12.2 Å². The van der Waals surface area contributed by atoms with Gasteiger partial charge in [-0.25, -0.2) is 0 Å². The van der Waals surface area contributed by atoms with Crippen molar-refractivity contribution in [1.29, 1.82) is 0 Å². The van der Waals surface area contributed by atoms with E-state index in [2.05, 4.69) is 13.5 Å². The minimum Gasteiger partial charge on any atom is -0.371 e. The molecule has 1 aliphatic rings. The van der Waals surface area contributed by atoms with Crippen molar-refractivity contribution in [2.75, 3.05) is 0 Å². The molecular formula is C7H12O. The van der Waals surface area contributed by atoms with Crippen LogP contribution >= 0.6 is 0 Å². The van der Waals surface area contributed by atoms with Crippen molar-refractivity contribution >= 4 is 0 Å². The van der Waals surface area contributed by atoms with E-state index in [1.54, 1.807) is 0 Å². The van der Waals surface area contributed by atoms with E-state index in [0.717, 1.165) is 6.42 Å². The van der Waals surface area contributed by atoms with Crippen LogP contribution < -0.4 is 0 Å². The molecule has 0 spiro atoms. The maximum atomic E-state index is 5.37. The molecule has 1 heteroatoms. The van der Waals surface area contributed by atoms with Gasteiger partial charge in [0.1, 0.15) is 0 Å². The fourth-order valence-electron chi connectivity index (χ4n) is 1.03. The zero-order valence-electron chi connectivity index (χ0n) is 5.48. The molecule has 1 heterocycles. The molecule has 1 fully saturated rings. The maximum Gasteiger partial charge on any atom is 0.0758 e. The maximum absolute atomic E-state index is 5.37. The predicted molar refractivity (Wildman–Crippen MR) is 33.8 cm³/mol. The Hall–Kier alpha value is -0.300. The standard InChI is InChI=1S/C7H12O/c1-5-4-6(2)8-7(5)3/h6-7H,1,4H2,2-3H3. The fraction of sp³-hybridized carbons (Fsp3) is 0.714.